The van der Waals surface area contributed by atoms with Crippen molar-refractivity contribution in [2.45, 2.75) is 31.2 Å². The van der Waals surface area contributed by atoms with Gasteiger partial charge in [0.2, 0.25) is 0 Å². The number of rotatable bonds is 2. The van der Waals surface area contributed by atoms with Crippen LogP contribution in [0, 0.1) is 5.92 Å². The van der Waals surface area contributed by atoms with Gasteiger partial charge < -0.3 is 15.5 Å². The Morgan fingerprint density at radius 1 is 1.25 bits per heavy atom. The Hall–Kier alpha value is -0.850. The molecule has 3 rings (SSSR count). The van der Waals surface area contributed by atoms with Crippen molar-refractivity contribution in [3.63, 3.8) is 0 Å². The highest BCUT2D eigenvalue weighted by molar-refractivity contribution is 6.07. The fourth-order valence-corrected chi connectivity index (χ4v) is 3.54. The molecule has 0 bridgehead atoms. The normalized spacial score (nSPS) is 31.8. The van der Waals surface area contributed by atoms with E-state index in [1.165, 1.54) is 12.8 Å². The molecule has 3 saturated heterocycles. The fraction of sp³-hybridized carbons (Fsp3) is 0.846. The van der Waals surface area contributed by atoms with E-state index in [2.05, 4.69) is 20.9 Å². The molecule has 114 valence electrons. The summed E-state index contributed by atoms with van der Waals surface area (Å²) >= 11 is 0. The lowest BCUT2D eigenvalue weighted by Crippen LogP contribution is -2.59. The molecule has 3 amide bonds. The second-order valence-electron chi connectivity index (χ2n) is 6.02. The third-order valence-electron chi connectivity index (χ3n) is 4.56. The molecule has 1 unspecified atom stereocenters. The number of hydrogen-bond acceptors (Lipinski definition) is 4. The van der Waals surface area contributed by atoms with Crippen molar-refractivity contribution in [3.05, 3.63) is 0 Å². The predicted octanol–water partition coefficient (Wildman–Crippen LogP) is 0.0818. The van der Waals surface area contributed by atoms with Crippen molar-refractivity contribution >= 4 is 24.3 Å². The smallest absolute Gasteiger partial charge is 0.322 e. The van der Waals surface area contributed by atoms with Gasteiger partial charge in [-0.05, 0) is 51.2 Å². The van der Waals surface area contributed by atoms with Crippen LogP contribution in [0.25, 0.3) is 0 Å². The predicted molar refractivity (Wildman–Crippen MR) is 77.9 cm³/mol. The van der Waals surface area contributed by atoms with Crippen molar-refractivity contribution in [2.24, 2.45) is 5.92 Å². The molecule has 7 heteroatoms. The second kappa shape index (κ2) is 6.28. The maximum atomic E-state index is 12.0. The number of carbonyl (C=O) groups excluding carboxylic acids is 2. The summed E-state index contributed by atoms with van der Waals surface area (Å²) in [7, 11) is 0. The number of hydrogen-bond donors (Lipinski definition) is 3. The first kappa shape index (κ1) is 15.5. The SMILES string of the molecule is Cl.O=C1NC(=O)C2(CCCN(CC3CCNCC3)C2)N1. The van der Waals surface area contributed by atoms with Gasteiger partial charge in [0.1, 0.15) is 5.54 Å². The van der Waals surface area contributed by atoms with Crippen molar-refractivity contribution in [2.75, 3.05) is 32.7 Å². The summed E-state index contributed by atoms with van der Waals surface area (Å²) in [6.07, 6.45) is 4.15. The van der Waals surface area contributed by atoms with Crippen LogP contribution >= 0.6 is 12.4 Å². The van der Waals surface area contributed by atoms with E-state index in [-0.39, 0.29) is 24.3 Å². The van der Waals surface area contributed by atoms with Crippen LogP contribution in [0.4, 0.5) is 4.79 Å². The minimum Gasteiger partial charge on any atom is -0.322 e. The first-order chi connectivity index (χ1) is 9.18. The highest BCUT2D eigenvalue weighted by atomic mass is 35.5. The molecular weight excluding hydrogens is 280 g/mol. The molecule has 0 aromatic carbocycles. The van der Waals surface area contributed by atoms with Crippen molar-refractivity contribution in [1.29, 1.82) is 0 Å². The number of nitrogens with zero attached hydrogens (tertiary/aromatic N) is 1. The summed E-state index contributed by atoms with van der Waals surface area (Å²) in [4.78, 5) is 25.7. The molecule has 0 radical (unpaired) electrons. The van der Waals surface area contributed by atoms with Crippen LogP contribution in [0.5, 0.6) is 0 Å². The maximum absolute atomic E-state index is 12.0. The van der Waals surface area contributed by atoms with Gasteiger partial charge in [0.05, 0.1) is 0 Å². The van der Waals surface area contributed by atoms with E-state index < -0.39 is 5.54 Å². The van der Waals surface area contributed by atoms with E-state index in [4.69, 9.17) is 0 Å². The molecule has 3 heterocycles. The van der Waals surface area contributed by atoms with Gasteiger partial charge in [0.25, 0.3) is 5.91 Å². The van der Waals surface area contributed by atoms with Gasteiger partial charge in [-0.2, -0.15) is 0 Å². The number of imide groups is 1. The van der Waals surface area contributed by atoms with Gasteiger partial charge in [0, 0.05) is 13.1 Å². The van der Waals surface area contributed by atoms with Gasteiger partial charge in [-0.1, -0.05) is 0 Å². The van der Waals surface area contributed by atoms with Crippen LogP contribution in [-0.2, 0) is 4.79 Å². The van der Waals surface area contributed by atoms with Crippen molar-refractivity contribution in [3.8, 4) is 0 Å². The Bertz CT molecular complexity index is 387. The number of nitrogens with one attached hydrogen (secondary N) is 3. The highest BCUT2D eigenvalue weighted by Crippen LogP contribution is 2.26. The lowest BCUT2D eigenvalue weighted by molar-refractivity contribution is -0.126. The minimum atomic E-state index is -0.664. The number of carbonyl (C=O) groups is 2. The summed E-state index contributed by atoms with van der Waals surface area (Å²) in [5.74, 6) is 0.573. The lowest BCUT2D eigenvalue weighted by Gasteiger charge is -2.40. The van der Waals surface area contributed by atoms with Gasteiger partial charge >= 0.3 is 6.03 Å². The Balaban J connectivity index is 0.00000147. The summed E-state index contributed by atoms with van der Waals surface area (Å²) in [6.45, 7) is 4.94. The largest absolute Gasteiger partial charge is 0.322 e. The summed E-state index contributed by atoms with van der Waals surface area (Å²) in [6, 6.07) is -0.339. The van der Waals surface area contributed by atoms with Crippen LogP contribution in [0.15, 0.2) is 0 Å². The van der Waals surface area contributed by atoms with E-state index >= 15 is 0 Å². The molecule has 0 aromatic rings. The third kappa shape index (κ3) is 3.07. The topological polar surface area (TPSA) is 73.5 Å². The molecule has 3 fully saturated rings. The van der Waals surface area contributed by atoms with E-state index in [9.17, 15) is 9.59 Å². The molecule has 3 aliphatic heterocycles. The first-order valence-corrected chi connectivity index (χ1v) is 7.25. The third-order valence-corrected chi connectivity index (χ3v) is 4.56. The maximum Gasteiger partial charge on any atom is 0.322 e. The van der Waals surface area contributed by atoms with Gasteiger partial charge in [-0.25, -0.2) is 4.79 Å². The quantitative estimate of drug-likeness (QED) is 0.632. The zero-order chi connectivity index (χ0) is 13.3. The average molecular weight is 303 g/mol. The summed E-state index contributed by atoms with van der Waals surface area (Å²) in [5, 5.41) is 8.58. The Morgan fingerprint density at radius 3 is 2.65 bits per heavy atom. The molecule has 0 aliphatic carbocycles. The van der Waals surface area contributed by atoms with E-state index in [0.717, 1.165) is 44.9 Å². The molecular formula is C13H23ClN4O2. The monoisotopic (exact) mass is 302 g/mol. The number of urea groups is 1. The molecule has 0 aromatic heterocycles. The number of amides is 3. The number of piperidine rings is 2. The highest BCUT2D eigenvalue weighted by Gasteiger charge is 2.48. The molecule has 0 saturated carbocycles. The fourth-order valence-electron chi connectivity index (χ4n) is 3.54. The summed E-state index contributed by atoms with van der Waals surface area (Å²) < 4.78 is 0. The van der Waals surface area contributed by atoms with E-state index in [1.807, 2.05) is 0 Å². The summed E-state index contributed by atoms with van der Waals surface area (Å²) in [5.41, 5.74) is -0.664. The van der Waals surface area contributed by atoms with Crippen LogP contribution < -0.4 is 16.0 Å². The molecule has 1 spiro atoms. The van der Waals surface area contributed by atoms with Crippen LogP contribution in [0.1, 0.15) is 25.7 Å². The van der Waals surface area contributed by atoms with Crippen LogP contribution in [0.3, 0.4) is 0 Å². The Kier molecular flexibility index (Phi) is 4.88. The van der Waals surface area contributed by atoms with Crippen molar-refractivity contribution in [1.82, 2.24) is 20.9 Å². The number of likely N-dealkylation sites (tertiary alicyclic amines) is 1. The van der Waals surface area contributed by atoms with Gasteiger partial charge in [-0.15, -0.1) is 12.4 Å². The van der Waals surface area contributed by atoms with E-state index in [1.54, 1.807) is 0 Å². The molecule has 1 atom stereocenters. The first-order valence-electron chi connectivity index (χ1n) is 7.25. The molecule has 6 nitrogen and oxygen atoms in total. The average Bonchev–Trinajstić information content (AvgIpc) is 2.65. The van der Waals surface area contributed by atoms with Crippen LogP contribution in [0.2, 0.25) is 0 Å². The standard InChI is InChI=1S/C13H22N4O2.ClH/c18-11-13(16-12(19)15-11)4-1-7-17(9-13)8-10-2-5-14-6-3-10;/h10,14H,1-9H2,(H2,15,16,18,19);1H. The Morgan fingerprint density at radius 2 is 2.00 bits per heavy atom. The van der Waals surface area contributed by atoms with Gasteiger partial charge in [-0.3, -0.25) is 10.1 Å². The van der Waals surface area contributed by atoms with Gasteiger partial charge in [0.15, 0.2) is 0 Å². The minimum absolute atomic E-state index is 0. The van der Waals surface area contributed by atoms with Crippen molar-refractivity contribution < 1.29 is 9.59 Å². The second-order valence-corrected chi connectivity index (χ2v) is 6.02. The molecule has 20 heavy (non-hydrogen) atoms. The van der Waals surface area contributed by atoms with Crippen LogP contribution in [-0.4, -0.2) is 55.1 Å². The number of halogens is 1. The van der Waals surface area contributed by atoms with E-state index in [0.29, 0.717) is 6.54 Å². The lowest BCUT2D eigenvalue weighted by atomic mass is 9.88. The zero-order valence-corrected chi connectivity index (χ0v) is 12.4. The molecule has 3 aliphatic rings. The molecule has 3 N–H and O–H groups in total. The Labute approximate surface area is 125 Å². The zero-order valence-electron chi connectivity index (χ0n) is 11.6.